The second-order valence-corrected chi connectivity index (χ2v) is 6.93. The largest absolute Gasteiger partial charge is 0.258 e. The van der Waals surface area contributed by atoms with Gasteiger partial charge in [0.15, 0.2) is 0 Å². The first-order valence-electron chi connectivity index (χ1n) is 7.85. The van der Waals surface area contributed by atoms with E-state index in [4.69, 9.17) is 4.98 Å². The third kappa shape index (κ3) is 2.50. The lowest BCUT2D eigenvalue weighted by Gasteiger charge is -2.24. The molecule has 22 heavy (non-hydrogen) atoms. The zero-order chi connectivity index (χ0) is 15.7. The van der Waals surface area contributed by atoms with Crippen molar-refractivity contribution in [2.24, 2.45) is 0 Å². The predicted molar refractivity (Wildman–Crippen MR) is 84.3 cm³/mol. The van der Waals surface area contributed by atoms with Gasteiger partial charge in [0, 0.05) is 16.7 Å². The van der Waals surface area contributed by atoms with Gasteiger partial charge in [0.1, 0.15) is 6.07 Å². The molecule has 0 radical (unpaired) electrons. The molecule has 0 saturated carbocycles. The summed E-state index contributed by atoms with van der Waals surface area (Å²) in [6.45, 7) is 6.32. The third-order valence-corrected chi connectivity index (χ3v) is 4.23. The van der Waals surface area contributed by atoms with Gasteiger partial charge in [-0.1, -0.05) is 32.4 Å². The molecule has 0 aromatic carbocycles. The molecule has 1 aliphatic rings. The van der Waals surface area contributed by atoms with E-state index in [1.807, 2.05) is 0 Å². The van der Waals surface area contributed by atoms with Crippen LogP contribution >= 0.6 is 0 Å². The number of nitriles is 1. The van der Waals surface area contributed by atoms with Gasteiger partial charge in [-0.25, -0.2) is 0 Å². The average molecular weight is 295 g/mol. The molecular formula is C17H21N5. The van der Waals surface area contributed by atoms with Crippen LogP contribution in [0, 0.1) is 11.3 Å². The minimum Gasteiger partial charge on any atom is -0.258 e. The van der Waals surface area contributed by atoms with Crippen molar-refractivity contribution < 1.29 is 0 Å². The van der Waals surface area contributed by atoms with Crippen LogP contribution in [-0.2, 0) is 18.3 Å². The Kier molecular flexibility index (Phi) is 3.69. The Morgan fingerprint density at radius 3 is 2.59 bits per heavy atom. The van der Waals surface area contributed by atoms with Crippen molar-refractivity contribution in [2.75, 3.05) is 0 Å². The number of pyridine rings is 1. The van der Waals surface area contributed by atoms with E-state index in [0.29, 0.717) is 5.56 Å². The van der Waals surface area contributed by atoms with Gasteiger partial charge < -0.3 is 0 Å². The molecule has 5 nitrogen and oxygen atoms in total. The third-order valence-electron chi connectivity index (χ3n) is 4.23. The minimum absolute atomic E-state index is 0.172. The molecule has 0 fully saturated rings. The Morgan fingerprint density at radius 2 is 1.95 bits per heavy atom. The van der Waals surface area contributed by atoms with Crippen LogP contribution in [0.2, 0.25) is 0 Å². The molecule has 0 amide bonds. The zero-order valence-electron chi connectivity index (χ0n) is 13.4. The molecule has 0 aliphatic heterocycles. The molecule has 0 saturated heterocycles. The summed E-state index contributed by atoms with van der Waals surface area (Å²) in [6, 6.07) is 2.39. The Balaban J connectivity index is 2.36. The maximum Gasteiger partial charge on any atom is 0.102 e. The van der Waals surface area contributed by atoms with Crippen LogP contribution in [0.1, 0.15) is 62.5 Å². The molecule has 2 heterocycles. The van der Waals surface area contributed by atoms with Crippen molar-refractivity contribution >= 4 is 0 Å². The van der Waals surface area contributed by atoms with Gasteiger partial charge in [0.2, 0.25) is 0 Å². The quantitative estimate of drug-likeness (QED) is 0.819. The molecule has 5 heteroatoms. The van der Waals surface area contributed by atoms with Gasteiger partial charge in [-0.15, -0.1) is 5.10 Å². The summed E-state index contributed by atoms with van der Waals surface area (Å²) in [7, 11) is 0. The van der Waals surface area contributed by atoms with Crippen molar-refractivity contribution in [2.45, 2.75) is 58.3 Å². The molecule has 0 spiro atoms. The van der Waals surface area contributed by atoms with Gasteiger partial charge in [-0.3, -0.25) is 10.1 Å². The first kappa shape index (κ1) is 14.7. The van der Waals surface area contributed by atoms with E-state index in [1.54, 1.807) is 6.20 Å². The molecule has 0 atom stereocenters. The lowest BCUT2D eigenvalue weighted by atomic mass is 9.84. The van der Waals surface area contributed by atoms with Gasteiger partial charge in [0.05, 0.1) is 23.1 Å². The summed E-state index contributed by atoms with van der Waals surface area (Å²) in [5.74, 6) is 0. The highest BCUT2D eigenvalue weighted by Crippen LogP contribution is 2.36. The van der Waals surface area contributed by atoms with Crippen LogP contribution in [-0.4, -0.2) is 20.4 Å². The molecule has 1 aliphatic carbocycles. The van der Waals surface area contributed by atoms with Crippen molar-refractivity contribution in [1.82, 2.24) is 20.4 Å². The smallest absolute Gasteiger partial charge is 0.102 e. The lowest BCUT2D eigenvalue weighted by Crippen LogP contribution is -2.19. The Labute approximate surface area is 130 Å². The van der Waals surface area contributed by atoms with Crippen LogP contribution in [0.5, 0.6) is 0 Å². The zero-order valence-corrected chi connectivity index (χ0v) is 13.4. The molecule has 2 aromatic heterocycles. The van der Waals surface area contributed by atoms with E-state index >= 15 is 0 Å². The van der Waals surface area contributed by atoms with E-state index in [2.05, 4.69) is 42.3 Å². The second-order valence-electron chi connectivity index (χ2n) is 6.93. The van der Waals surface area contributed by atoms with Gasteiger partial charge in [0.25, 0.3) is 0 Å². The molecule has 1 N–H and O–H groups in total. The SMILES string of the molecule is CC(C)(C)c1nc2c(c(-c3cnn[nH]3)c1C#N)CCCCC2. The number of hydrogen-bond acceptors (Lipinski definition) is 4. The molecule has 0 bridgehead atoms. The van der Waals surface area contributed by atoms with Crippen LogP contribution in [0.4, 0.5) is 0 Å². The fraction of sp³-hybridized carbons (Fsp3) is 0.529. The first-order chi connectivity index (χ1) is 10.5. The maximum atomic E-state index is 9.79. The number of aromatic nitrogens is 4. The highest BCUT2D eigenvalue weighted by Gasteiger charge is 2.28. The fourth-order valence-corrected chi connectivity index (χ4v) is 3.19. The maximum absolute atomic E-state index is 9.79. The summed E-state index contributed by atoms with van der Waals surface area (Å²) in [5.41, 5.74) is 5.50. The Hall–Kier alpha value is -2.22. The number of fused-ring (bicyclic) bond motifs is 1. The number of aryl methyl sites for hydroxylation is 1. The van der Waals surface area contributed by atoms with E-state index in [0.717, 1.165) is 48.3 Å². The molecule has 0 unspecified atom stereocenters. The van der Waals surface area contributed by atoms with E-state index in [9.17, 15) is 5.26 Å². The number of rotatable bonds is 1. The lowest BCUT2D eigenvalue weighted by molar-refractivity contribution is 0.562. The summed E-state index contributed by atoms with van der Waals surface area (Å²) >= 11 is 0. The van der Waals surface area contributed by atoms with Gasteiger partial charge in [-0.2, -0.15) is 5.26 Å². The number of aromatic amines is 1. The summed E-state index contributed by atoms with van der Waals surface area (Å²) in [4.78, 5) is 4.91. The fourth-order valence-electron chi connectivity index (χ4n) is 3.19. The number of hydrogen-bond donors (Lipinski definition) is 1. The standard InChI is InChI=1S/C17H21N5/c1-17(2,3)16-12(9-18)15(14-10-19-22-21-14)11-7-5-4-6-8-13(11)20-16/h10H,4-8H2,1-3H3,(H,19,21,22). The Morgan fingerprint density at radius 1 is 1.18 bits per heavy atom. The van der Waals surface area contributed by atoms with Gasteiger partial charge >= 0.3 is 0 Å². The number of H-pyrrole nitrogens is 1. The summed E-state index contributed by atoms with van der Waals surface area (Å²) < 4.78 is 0. The van der Waals surface area contributed by atoms with E-state index < -0.39 is 0 Å². The average Bonchev–Trinajstić information content (AvgIpc) is 2.89. The normalized spacial score (nSPS) is 15.0. The Bertz CT molecular complexity index is 717. The van der Waals surface area contributed by atoms with Crippen molar-refractivity contribution in [3.63, 3.8) is 0 Å². The molecule has 3 rings (SSSR count). The van der Waals surface area contributed by atoms with Crippen molar-refractivity contribution in [3.05, 3.63) is 28.7 Å². The molecule has 114 valence electrons. The highest BCUT2D eigenvalue weighted by atomic mass is 15.3. The minimum atomic E-state index is -0.172. The van der Waals surface area contributed by atoms with Gasteiger partial charge in [-0.05, 0) is 31.2 Å². The van der Waals surface area contributed by atoms with Crippen LogP contribution in [0.25, 0.3) is 11.3 Å². The number of nitrogens with one attached hydrogen (secondary N) is 1. The van der Waals surface area contributed by atoms with Crippen LogP contribution in [0.3, 0.4) is 0 Å². The second kappa shape index (κ2) is 5.53. The van der Waals surface area contributed by atoms with Crippen LogP contribution in [0.15, 0.2) is 6.20 Å². The summed E-state index contributed by atoms with van der Waals surface area (Å²) in [6.07, 6.45) is 7.17. The summed E-state index contributed by atoms with van der Waals surface area (Å²) in [5, 5.41) is 20.5. The highest BCUT2D eigenvalue weighted by molar-refractivity contribution is 5.73. The molecule has 2 aromatic rings. The molecular weight excluding hydrogens is 274 g/mol. The first-order valence-corrected chi connectivity index (χ1v) is 7.85. The van der Waals surface area contributed by atoms with E-state index in [-0.39, 0.29) is 5.41 Å². The monoisotopic (exact) mass is 295 g/mol. The topological polar surface area (TPSA) is 78.2 Å². The van der Waals surface area contributed by atoms with Crippen molar-refractivity contribution in [1.29, 1.82) is 5.26 Å². The van der Waals surface area contributed by atoms with E-state index in [1.165, 1.54) is 12.0 Å². The number of nitrogens with zero attached hydrogens (tertiary/aromatic N) is 4. The van der Waals surface area contributed by atoms with Crippen molar-refractivity contribution in [3.8, 4) is 17.3 Å². The predicted octanol–water partition coefficient (Wildman–Crippen LogP) is 3.30. The van der Waals surface area contributed by atoms with Crippen LogP contribution < -0.4 is 0 Å².